The van der Waals surface area contributed by atoms with E-state index in [9.17, 15) is 4.79 Å². The minimum Gasteiger partial charge on any atom is -0.299 e. The Bertz CT molecular complexity index is 198. The van der Waals surface area contributed by atoms with Gasteiger partial charge in [0, 0.05) is 18.3 Å². The van der Waals surface area contributed by atoms with Crippen molar-refractivity contribution in [2.45, 2.75) is 40.5 Å². The van der Waals surface area contributed by atoms with Crippen LogP contribution in [0.15, 0.2) is 0 Å². The zero-order valence-corrected chi connectivity index (χ0v) is 8.35. The summed E-state index contributed by atoms with van der Waals surface area (Å²) in [5.41, 5.74) is -0.281. The molecule has 0 atom stereocenters. The van der Waals surface area contributed by atoms with Crippen LogP contribution in [0.2, 0.25) is 0 Å². The summed E-state index contributed by atoms with van der Waals surface area (Å²) >= 11 is 0. The number of nitriles is 1. The fourth-order valence-electron chi connectivity index (χ4n) is 0.814. The molecule has 2 heteroatoms. The number of ketones is 1. The van der Waals surface area contributed by atoms with Gasteiger partial charge in [-0.25, -0.2) is 0 Å². The lowest BCUT2D eigenvalue weighted by atomic mass is 9.76. The average Bonchev–Trinajstić information content (AvgIpc) is 1.99. The molecule has 0 spiro atoms. The van der Waals surface area contributed by atoms with Gasteiger partial charge in [-0.15, -0.1) is 0 Å². The summed E-state index contributed by atoms with van der Waals surface area (Å²) in [6.07, 6.45) is 0.733. The van der Waals surface area contributed by atoms with Gasteiger partial charge < -0.3 is 0 Å². The van der Waals surface area contributed by atoms with Crippen molar-refractivity contribution in [2.75, 3.05) is 0 Å². The van der Waals surface area contributed by atoms with Gasteiger partial charge in [-0.3, -0.25) is 4.79 Å². The molecule has 0 fully saturated rings. The molecule has 12 heavy (non-hydrogen) atoms. The predicted octanol–water partition coefficient (Wildman–Crippen LogP) is 2.54. The Morgan fingerprint density at radius 2 is 2.00 bits per heavy atom. The summed E-state index contributed by atoms with van der Waals surface area (Å²) in [7, 11) is 0. The van der Waals surface area contributed by atoms with Crippen molar-refractivity contribution in [3.05, 3.63) is 0 Å². The van der Waals surface area contributed by atoms with E-state index in [0.29, 0.717) is 18.8 Å². The summed E-state index contributed by atoms with van der Waals surface area (Å²) < 4.78 is 0. The van der Waals surface area contributed by atoms with E-state index in [-0.39, 0.29) is 11.2 Å². The van der Waals surface area contributed by atoms with Crippen molar-refractivity contribution in [3.63, 3.8) is 0 Å². The Morgan fingerprint density at radius 1 is 1.50 bits per heavy atom. The zero-order chi connectivity index (χ0) is 9.78. The molecular formula is C10H17NO. The first-order valence-electron chi connectivity index (χ1n) is 4.33. The minimum atomic E-state index is -0.281. The summed E-state index contributed by atoms with van der Waals surface area (Å²) in [5, 5.41) is 8.32. The molecule has 2 nitrogen and oxygen atoms in total. The zero-order valence-electron chi connectivity index (χ0n) is 8.35. The van der Waals surface area contributed by atoms with Crippen LogP contribution >= 0.6 is 0 Å². The maximum absolute atomic E-state index is 11.5. The van der Waals surface area contributed by atoms with Crippen LogP contribution in [0.1, 0.15) is 40.5 Å². The molecular weight excluding hydrogens is 150 g/mol. The Kier molecular flexibility index (Phi) is 3.95. The molecule has 0 aromatic heterocycles. The van der Waals surface area contributed by atoms with E-state index in [1.54, 1.807) is 0 Å². The van der Waals surface area contributed by atoms with E-state index in [1.165, 1.54) is 0 Å². The van der Waals surface area contributed by atoms with Gasteiger partial charge in [0.25, 0.3) is 0 Å². The van der Waals surface area contributed by atoms with Crippen LogP contribution in [0.3, 0.4) is 0 Å². The van der Waals surface area contributed by atoms with Crippen molar-refractivity contribution < 1.29 is 4.79 Å². The number of hydrogen-bond donors (Lipinski definition) is 0. The number of carbonyl (C=O) groups is 1. The van der Waals surface area contributed by atoms with Gasteiger partial charge in [0.05, 0.1) is 6.07 Å². The molecule has 68 valence electrons. The van der Waals surface area contributed by atoms with Gasteiger partial charge >= 0.3 is 0 Å². The monoisotopic (exact) mass is 167 g/mol. The molecule has 0 amide bonds. The second-order valence-corrected chi connectivity index (χ2v) is 3.96. The van der Waals surface area contributed by atoms with Crippen LogP contribution in [-0.2, 0) is 4.79 Å². The van der Waals surface area contributed by atoms with Crippen LogP contribution in [0, 0.1) is 22.7 Å². The highest BCUT2D eigenvalue weighted by Crippen LogP contribution is 2.28. The number of nitrogens with zero attached hydrogens (tertiary/aromatic N) is 1. The lowest BCUT2D eigenvalue weighted by Gasteiger charge is -2.27. The highest BCUT2D eigenvalue weighted by Gasteiger charge is 2.29. The molecule has 0 aromatic carbocycles. The number of hydrogen-bond acceptors (Lipinski definition) is 2. The lowest BCUT2D eigenvalue weighted by molar-refractivity contribution is -0.129. The van der Waals surface area contributed by atoms with Crippen molar-refractivity contribution in [3.8, 4) is 6.07 Å². The topological polar surface area (TPSA) is 40.9 Å². The average molecular weight is 167 g/mol. The summed E-state index contributed by atoms with van der Waals surface area (Å²) in [6.45, 7) is 7.95. The van der Waals surface area contributed by atoms with E-state index in [0.717, 1.165) is 0 Å². The van der Waals surface area contributed by atoms with Crippen molar-refractivity contribution >= 4 is 5.78 Å². The van der Waals surface area contributed by atoms with Gasteiger partial charge in [0.2, 0.25) is 0 Å². The molecule has 0 heterocycles. The van der Waals surface area contributed by atoms with Crippen LogP contribution in [0.25, 0.3) is 0 Å². The van der Waals surface area contributed by atoms with Gasteiger partial charge in [0.15, 0.2) is 0 Å². The van der Waals surface area contributed by atoms with Gasteiger partial charge in [0.1, 0.15) is 5.78 Å². The van der Waals surface area contributed by atoms with Crippen molar-refractivity contribution in [1.82, 2.24) is 0 Å². The Labute approximate surface area is 74.6 Å². The smallest absolute Gasteiger partial charge is 0.139 e. The van der Waals surface area contributed by atoms with Gasteiger partial charge in [-0.05, 0) is 5.92 Å². The lowest BCUT2D eigenvalue weighted by Crippen LogP contribution is -2.29. The quantitative estimate of drug-likeness (QED) is 0.645. The first kappa shape index (κ1) is 11.2. The Hall–Kier alpha value is -0.840. The van der Waals surface area contributed by atoms with Crippen LogP contribution < -0.4 is 0 Å². The van der Waals surface area contributed by atoms with Crippen LogP contribution in [0.5, 0.6) is 0 Å². The third-order valence-electron chi connectivity index (χ3n) is 2.63. The van der Waals surface area contributed by atoms with E-state index in [1.807, 2.05) is 33.8 Å². The molecule has 0 aromatic rings. The third-order valence-corrected chi connectivity index (χ3v) is 2.63. The number of Topliss-reactive ketones (excluding diaryl/α,β-unsaturated/α-hetero) is 1. The molecule has 0 aliphatic carbocycles. The fourth-order valence-corrected chi connectivity index (χ4v) is 0.814. The van der Waals surface area contributed by atoms with Crippen molar-refractivity contribution in [1.29, 1.82) is 5.26 Å². The molecule has 0 saturated heterocycles. The standard InChI is InChI=1S/C10H17NO/c1-8(2)10(3,4)9(12)6-5-7-11/h8H,5-6H2,1-4H3. The second kappa shape index (κ2) is 4.25. The molecule has 0 rings (SSSR count). The summed E-state index contributed by atoms with van der Waals surface area (Å²) in [4.78, 5) is 11.5. The molecule has 0 saturated carbocycles. The minimum absolute atomic E-state index is 0.194. The maximum Gasteiger partial charge on any atom is 0.139 e. The van der Waals surface area contributed by atoms with Gasteiger partial charge in [-0.2, -0.15) is 5.26 Å². The molecule has 0 radical (unpaired) electrons. The third kappa shape index (κ3) is 2.65. The molecule has 0 N–H and O–H groups in total. The SMILES string of the molecule is CC(C)C(C)(C)C(=O)CCC#N. The Morgan fingerprint density at radius 3 is 2.33 bits per heavy atom. The predicted molar refractivity (Wildman–Crippen MR) is 48.5 cm³/mol. The summed E-state index contributed by atoms with van der Waals surface area (Å²) in [6, 6.07) is 1.99. The largest absolute Gasteiger partial charge is 0.299 e. The summed E-state index contributed by atoms with van der Waals surface area (Å²) in [5.74, 6) is 0.530. The van der Waals surface area contributed by atoms with Gasteiger partial charge in [-0.1, -0.05) is 27.7 Å². The maximum atomic E-state index is 11.5. The molecule has 0 aliphatic rings. The first-order valence-corrected chi connectivity index (χ1v) is 4.33. The van der Waals surface area contributed by atoms with E-state index in [4.69, 9.17) is 5.26 Å². The van der Waals surface area contributed by atoms with E-state index in [2.05, 4.69) is 0 Å². The molecule has 0 aliphatic heterocycles. The van der Waals surface area contributed by atoms with E-state index >= 15 is 0 Å². The van der Waals surface area contributed by atoms with E-state index < -0.39 is 0 Å². The normalized spacial score (nSPS) is 11.3. The Balaban J connectivity index is 4.18. The molecule has 0 bridgehead atoms. The number of carbonyl (C=O) groups excluding carboxylic acids is 1. The number of rotatable bonds is 4. The highest BCUT2D eigenvalue weighted by molar-refractivity contribution is 5.84. The van der Waals surface area contributed by atoms with Crippen LogP contribution in [0.4, 0.5) is 0 Å². The highest BCUT2D eigenvalue weighted by atomic mass is 16.1. The van der Waals surface area contributed by atoms with Crippen LogP contribution in [-0.4, -0.2) is 5.78 Å². The first-order chi connectivity index (χ1) is 5.42. The van der Waals surface area contributed by atoms with Crippen molar-refractivity contribution in [2.24, 2.45) is 11.3 Å². The second-order valence-electron chi connectivity index (χ2n) is 3.96. The fraction of sp³-hybridized carbons (Fsp3) is 0.800. The molecule has 0 unspecified atom stereocenters.